The summed E-state index contributed by atoms with van der Waals surface area (Å²) in [5.41, 5.74) is 13.7. The van der Waals surface area contributed by atoms with E-state index in [0.717, 1.165) is 88.9 Å². The van der Waals surface area contributed by atoms with Crippen LogP contribution in [0.3, 0.4) is 0 Å². The van der Waals surface area contributed by atoms with Gasteiger partial charge in [-0.2, -0.15) is 29.9 Å². The summed E-state index contributed by atoms with van der Waals surface area (Å²) >= 11 is 6.06. The van der Waals surface area contributed by atoms with Gasteiger partial charge >= 0.3 is 0 Å². The van der Waals surface area contributed by atoms with Crippen LogP contribution in [-0.4, -0.2) is 205 Å². The number of fused-ring (bicyclic) bond motifs is 3. The van der Waals surface area contributed by atoms with Gasteiger partial charge in [0, 0.05) is 78.8 Å². The van der Waals surface area contributed by atoms with Gasteiger partial charge in [0.2, 0.25) is 17.8 Å². The van der Waals surface area contributed by atoms with Gasteiger partial charge in [0.15, 0.2) is 16.9 Å². The number of nitrogens with zero attached hydrogens (tertiary/aromatic N) is 16. The maximum Gasteiger partial charge on any atom is 0.270 e. The van der Waals surface area contributed by atoms with E-state index in [1.807, 2.05) is 78.9 Å². The lowest BCUT2D eigenvalue weighted by Crippen LogP contribution is -2.46. The minimum atomic E-state index is -0.400. The summed E-state index contributed by atoms with van der Waals surface area (Å²) in [4.78, 5) is 68.6. The summed E-state index contributed by atoms with van der Waals surface area (Å²) in [5, 5.41) is 14.7. The number of benzene rings is 3. The molecule has 6 saturated heterocycles. The molecule has 6 atom stereocenters. The van der Waals surface area contributed by atoms with Crippen LogP contribution in [0.1, 0.15) is 41.5 Å². The second kappa shape index (κ2) is 29.0. The summed E-state index contributed by atoms with van der Waals surface area (Å²) < 4.78 is 33.8. The Balaban J connectivity index is 0.000000129. The molecule has 3 aromatic carbocycles. The van der Waals surface area contributed by atoms with Crippen LogP contribution in [0, 0.1) is 10.1 Å². The van der Waals surface area contributed by atoms with Crippen LogP contribution in [0.15, 0.2) is 109 Å². The Hall–Kier alpha value is -8.82. The maximum atomic E-state index is 11.2. The van der Waals surface area contributed by atoms with Crippen molar-refractivity contribution >= 4 is 91.4 Å². The molecule has 2 N–H and O–H groups in total. The molecule has 95 heavy (non-hydrogen) atoms. The topological polar surface area (TPSA) is 260 Å². The molecule has 496 valence electrons. The number of hydrogen-bond acceptors (Lipinski definition) is 24. The molecule has 26 heteroatoms. The Kier molecular flexibility index (Phi) is 19.8. The summed E-state index contributed by atoms with van der Waals surface area (Å²) in [6.07, 6.45) is 0. The van der Waals surface area contributed by atoms with Crippen LogP contribution >= 0.6 is 11.6 Å². The average molecular weight is 1310 g/mol. The molecule has 6 fully saturated rings. The zero-order valence-corrected chi connectivity index (χ0v) is 55.2. The number of nitro benzene ring substituents is 1. The lowest BCUT2D eigenvalue weighted by molar-refractivity contribution is -0.384. The number of non-ortho nitro benzene ring substituents is 1. The van der Waals surface area contributed by atoms with E-state index in [0.29, 0.717) is 143 Å². The molecule has 9 aromatic rings. The maximum absolute atomic E-state index is 11.2. The molecule has 12 heterocycles. The van der Waals surface area contributed by atoms with E-state index in [-0.39, 0.29) is 41.9 Å². The van der Waals surface area contributed by atoms with Gasteiger partial charge in [-0.1, -0.05) is 48.0 Å². The van der Waals surface area contributed by atoms with Crippen molar-refractivity contribution in [3.8, 4) is 33.8 Å². The highest BCUT2D eigenvalue weighted by Crippen LogP contribution is 2.36. The van der Waals surface area contributed by atoms with Crippen molar-refractivity contribution in [3.63, 3.8) is 0 Å². The number of nitro groups is 1. The van der Waals surface area contributed by atoms with E-state index >= 15 is 0 Å². The fourth-order valence-electron chi connectivity index (χ4n) is 12.8. The highest BCUT2D eigenvalue weighted by molar-refractivity contribution is 6.30. The molecular formula is C69H80ClN17O8. The number of ether oxygens (including phenoxy) is 6. The number of nitrogen functional groups attached to an aromatic ring is 1. The molecule has 6 aliphatic rings. The number of nitrogens with two attached hydrogens (primary N) is 1. The predicted octanol–water partition coefficient (Wildman–Crippen LogP) is 9.57. The molecule has 15 rings (SSSR count). The zero-order chi connectivity index (χ0) is 65.7. The standard InChI is InChI=1S/C23H26ClN5O2.C23H26N6O4.C23H28N6O2/c1-15-13-30-11-9-28(15)22-19-7-8-20(17-3-5-18(24)6-4-17)25-21(19)26-23(27-22)29-10-12-31-14-16(29)2;1-15-13-32-10-8-27(15)22-19-6-7-20(17-4-3-5-18(12-17)29(30)31)24-21(19)25-23(26-22)28-9-11-33-14-16(28)2;1-15-13-30-10-8-28(15)22-19-6-7-20(17-4-3-5-18(24)12-17)25-21(19)26-23(27-22)29-9-11-31-14-16(29)2/h3-8,15-16H,9-14H2,1-2H3;3-7,12,15-16H,8-11,13-14H2,1-2H3;3-7,12,15-16H,8-11,13-14,24H2,1-2H3/t3*15-,16-/m000/s1. The molecule has 6 aliphatic heterocycles. The van der Waals surface area contributed by atoms with Crippen molar-refractivity contribution in [3.05, 3.63) is 124 Å². The summed E-state index contributed by atoms with van der Waals surface area (Å²) in [5.74, 6) is 4.70. The van der Waals surface area contributed by atoms with E-state index in [1.54, 1.807) is 6.07 Å². The Morgan fingerprint density at radius 1 is 0.400 bits per heavy atom. The van der Waals surface area contributed by atoms with Crippen LogP contribution in [0.5, 0.6) is 0 Å². The third-order valence-corrected chi connectivity index (χ3v) is 18.3. The number of pyridine rings is 3. The summed E-state index contributed by atoms with van der Waals surface area (Å²) in [6, 6.07) is 35.2. The first-order valence-corrected chi connectivity index (χ1v) is 33.1. The molecule has 0 saturated carbocycles. The van der Waals surface area contributed by atoms with Crippen LogP contribution in [0.4, 0.5) is 46.7 Å². The van der Waals surface area contributed by atoms with Crippen LogP contribution in [0.25, 0.3) is 66.9 Å². The third-order valence-electron chi connectivity index (χ3n) is 18.1. The Labute approximate surface area is 556 Å². The van der Waals surface area contributed by atoms with E-state index in [1.165, 1.54) is 12.1 Å². The van der Waals surface area contributed by atoms with E-state index in [4.69, 9.17) is 90.6 Å². The van der Waals surface area contributed by atoms with Gasteiger partial charge in [-0.15, -0.1) is 0 Å². The first-order chi connectivity index (χ1) is 46.2. The third kappa shape index (κ3) is 14.4. The van der Waals surface area contributed by atoms with Gasteiger partial charge in [0.1, 0.15) is 17.5 Å². The van der Waals surface area contributed by atoms with Crippen LogP contribution < -0.4 is 35.1 Å². The minimum absolute atomic E-state index is 0.0303. The molecule has 0 spiro atoms. The SMILES string of the molecule is C[C@H]1COCCN1c1nc(N2CCOC[C@@H]2C)c2ccc(-c3ccc(Cl)cc3)nc2n1.C[C@H]1COCCN1c1nc(N2CCOC[C@@H]2C)c2ccc(-c3cccc(N)c3)nc2n1.C[C@H]1COCCN1c1nc(N2CCOC[C@@H]2C)c2ccc(-c3cccc([N+](=O)[O-])c3)nc2n1. The highest BCUT2D eigenvalue weighted by Gasteiger charge is 2.32. The van der Waals surface area contributed by atoms with Gasteiger partial charge in [0.25, 0.3) is 5.69 Å². The van der Waals surface area contributed by atoms with Gasteiger partial charge in [-0.3, -0.25) is 10.1 Å². The molecule has 0 aliphatic carbocycles. The van der Waals surface area contributed by atoms with Crippen molar-refractivity contribution in [1.82, 2.24) is 44.9 Å². The molecule has 6 aromatic heterocycles. The quantitative estimate of drug-likeness (QED) is 0.0759. The van der Waals surface area contributed by atoms with Gasteiger partial charge in [-0.05, 0) is 102 Å². The van der Waals surface area contributed by atoms with Crippen molar-refractivity contribution in [2.45, 2.75) is 77.8 Å². The number of aromatic nitrogens is 9. The summed E-state index contributed by atoms with van der Waals surface area (Å²) in [7, 11) is 0. The van der Waals surface area contributed by atoms with E-state index in [9.17, 15) is 10.1 Å². The Bertz CT molecular complexity index is 4200. The molecular weight excluding hydrogens is 1230 g/mol. The van der Waals surface area contributed by atoms with Crippen LogP contribution in [0.2, 0.25) is 5.02 Å². The van der Waals surface area contributed by atoms with Crippen molar-refractivity contribution in [2.24, 2.45) is 0 Å². The van der Waals surface area contributed by atoms with Gasteiger partial charge in [-0.25, -0.2) is 15.0 Å². The van der Waals surface area contributed by atoms with Crippen molar-refractivity contribution in [2.75, 3.05) is 154 Å². The Morgan fingerprint density at radius 3 is 1.06 bits per heavy atom. The molecule has 0 unspecified atom stereocenters. The number of hydrogen-bond donors (Lipinski definition) is 1. The molecule has 25 nitrogen and oxygen atoms in total. The lowest BCUT2D eigenvalue weighted by Gasteiger charge is -2.37. The smallest absolute Gasteiger partial charge is 0.270 e. The normalized spacial score (nSPS) is 21.9. The van der Waals surface area contributed by atoms with Crippen molar-refractivity contribution < 1.29 is 33.3 Å². The zero-order valence-electron chi connectivity index (χ0n) is 54.5. The lowest BCUT2D eigenvalue weighted by atomic mass is 10.1. The second-order valence-electron chi connectivity index (χ2n) is 24.9. The van der Waals surface area contributed by atoms with Crippen LogP contribution in [-0.2, 0) is 28.4 Å². The molecule has 0 bridgehead atoms. The predicted molar refractivity (Wildman–Crippen MR) is 370 cm³/mol. The van der Waals surface area contributed by atoms with Gasteiger partial charge < -0.3 is 63.6 Å². The minimum Gasteiger partial charge on any atom is -0.399 e. The Morgan fingerprint density at radius 2 is 0.726 bits per heavy atom. The van der Waals surface area contributed by atoms with Gasteiger partial charge in [0.05, 0.1) is 154 Å². The number of halogens is 1. The first-order valence-electron chi connectivity index (χ1n) is 32.7. The second-order valence-corrected chi connectivity index (χ2v) is 25.3. The fourth-order valence-corrected chi connectivity index (χ4v) is 12.9. The fraction of sp³-hybridized carbons (Fsp3) is 0.435. The largest absolute Gasteiger partial charge is 0.399 e. The molecule has 0 amide bonds. The van der Waals surface area contributed by atoms with E-state index in [2.05, 4.69) is 83.1 Å². The number of morpholine rings is 6. The highest BCUT2D eigenvalue weighted by atomic mass is 35.5. The van der Waals surface area contributed by atoms with Crippen molar-refractivity contribution in [1.29, 1.82) is 0 Å². The number of rotatable bonds is 10. The molecule has 0 radical (unpaired) electrons. The number of anilines is 7. The summed E-state index contributed by atoms with van der Waals surface area (Å²) in [6.45, 7) is 25.3. The average Bonchev–Trinajstić information content (AvgIpc) is 0.785. The first kappa shape index (κ1) is 64.9. The monoisotopic (exact) mass is 1310 g/mol. The van der Waals surface area contributed by atoms with E-state index < -0.39 is 4.92 Å².